The maximum Gasteiger partial charge on any atom is 0.362 e. The van der Waals surface area contributed by atoms with Crippen molar-refractivity contribution in [2.24, 2.45) is 0 Å². The number of unbranched alkanes of at least 4 members (excludes halogenated alkanes) is 8. The van der Waals surface area contributed by atoms with E-state index in [9.17, 15) is 19.5 Å². The average Bonchev–Trinajstić information content (AvgIpc) is 2.89. The molecule has 0 amide bonds. The van der Waals surface area contributed by atoms with E-state index in [0.717, 1.165) is 57.8 Å². The highest BCUT2D eigenvalue weighted by Crippen LogP contribution is 2.11. The monoisotopic (exact) mass is 568 g/mol. The number of rotatable bonds is 26. The number of hydrogen-bond donors (Lipinski definition) is 1. The normalized spacial score (nSPS) is 13.5. The number of carbonyl (C=O) groups excluding carboxylic acids is 2. The van der Waals surface area contributed by atoms with Gasteiger partial charge in [-0.25, -0.2) is 4.79 Å². The van der Waals surface area contributed by atoms with Gasteiger partial charge in [0.15, 0.2) is 12.1 Å². The zero-order valence-corrected chi connectivity index (χ0v) is 26.0. The fourth-order valence-corrected chi connectivity index (χ4v) is 4.08. The maximum atomic E-state index is 12.4. The summed E-state index contributed by atoms with van der Waals surface area (Å²) in [5.74, 6) is -1.54. The molecule has 40 heavy (non-hydrogen) atoms. The number of ether oxygens (including phenoxy) is 3. The molecule has 0 aromatic rings. The number of likely N-dealkylation sites (N-methyl/N-ethyl adjacent to an activating group) is 1. The van der Waals surface area contributed by atoms with Gasteiger partial charge in [-0.1, -0.05) is 76.7 Å². The summed E-state index contributed by atoms with van der Waals surface area (Å²) in [5.41, 5.74) is 0. The van der Waals surface area contributed by atoms with E-state index >= 15 is 0 Å². The van der Waals surface area contributed by atoms with Crippen molar-refractivity contribution in [2.45, 2.75) is 122 Å². The molecule has 2 unspecified atom stereocenters. The molecule has 0 spiro atoms. The van der Waals surface area contributed by atoms with Crippen LogP contribution in [0.5, 0.6) is 0 Å². The van der Waals surface area contributed by atoms with Crippen molar-refractivity contribution in [1.29, 1.82) is 0 Å². The van der Waals surface area contributed by atoms with Gasteiger partial charge in [-0.3, -0.25) is 9.59 Å². The third-order valence-electron chi connectivity index (χ3n) is 6.60. The van der Waals surface area contributed by atoms with Crippen LogP contribution in [-0.4, -0.2) is 80.6 Å². The van der Waals surface area contributed by atoms with Gasteiger partial charge in [0, 0.05) is 19.3 Å². The summed E-state index contributed by atoms with van der Waals surface area (Å²) in [6.07, 6.45) is 21.7. The molecule has 0 rings (SSSR count). The molecule has 0 fully saturated rings. The molecule has 0 saturated carbocycles. The van der Waals surface area contributed by atoms with Gasteiger partial charge >= 0.3 is 17.9 Å². The van der Waals surface area contributed by atoms with Gasteiger partial charge in [-0.2, -0.15) is 0 Å². The number of nitrogens with zero attached hydrogens (tertiary/aromatic N) is 1. The molecule has 1 N–H and O–H groups in total. The van der Waals surface area contributed by atoms with E-state index in [1.807, 2.05) is 28.1 Å². The second-order valence-electron chi connectivity index (χ2n) is 11.4. The zero-order chi connectivity index (χ0) is 30.1. The molecule has 0 aliphatic carbocycles. The predicted molar refractivity (Wildman–Crippen MR) is 160 cm³/mol. The molecule has 232 valence electrons. The molecule has 0 heterocycles. The van der Waals surface area contributed by atoms with Crippen LogP contribution in [-0.2, 0) is 28.6 Å². The third kappa shape index (κ3) is 22.6. The third-order valence-corrected chi connectivity index (χ3v) is 6.60. The van der Waals surface area contributed by atoms with Crippen molar-refractivity contribution in [3.05, 3.63) is 24.3 Å². The van der Waals surface area contributed by atoms with Gasteiger partial charge in [0.2, 0.25) is 0 Å². The Morgan fingerprint density at radius 1 is 0.750 bits per heavy atom. The smallest absolute Gasteiger partial charge is 0.362 e. The second-order valence-corrected chi connectivity index (χ2v) is 11.4. The number of carboxylic acids is 1. The largest absolute Gasteiger partial charge is 0.477 e. The summed E-state index contributed by atoms with van der Waals surface area (Å²) in [4.78, 5) is 35.9. The van der Waals surface area contributed by atoms with Crippen LogP contribution in [0.2, 0.25) is 0 Å². The van der Waals surface area contributed by atoms with E-state index < -0.39 is 18.1 Å². The first-order valence-corrected chi connectivity index (χ1v) is 15.4. The van der Waals surface area contributed by atoms with E-state index in [1.165, 1.54) is 19.3 Å². The highest BCUT2D eigenvalue weighted by Gasteiger charge is 2.31. The molecule has 0 aromatic heterocycles. The van der Waals surface area contributed by atoms with Crippen molar-refractivity contribution < 1.29 is 38.2 Å². The van der Waals surface area contributed by atoms with Crippen LogP contribution >= 0.6 is 0 Å². The minimum Gasteiger partial charge on any atom is -0.477 e. The number of esters is 2. The fourth-order valence-electron chi connectivity index (χ4n) is 4.08. The van der Waals surface area contributed by atoms with E-state index in [2.05, 4.69) is 31.2 Å². The number of quaternary nitrogens is 1. The molecular weight excluding hydrogens is 510 g/mol. The molecule has 0 aliphatic rings. The Bertz CT molecular complexity index is 727. The molecule has 8 heteroatoms. The van der Waals surface area contributed by atoms with Crippen LogP contribution in [0.25, 0.3) is 0 Å². The summed E-state index contributed by atoms with van der Waals surface area (Å²) in [7, 11) is 5.47. The maximum absolute atomic E-state index is 12.4. The van der Waals surface area contributed by atoms with Crippen molar-refractivity contribution in [2.75, 3.05) is 41.0 Å². The summed E-state index contributed by atoms with van der Waals surface area (Å²) in [6.45, 7) is 4.40. The van der Waals surface area contributed by atoms with Crippen LogP contribution in [0.15, 0.2) is 24.3 Å². The topological polar surface area (TPSA) is 99.1 Å². The summed E-state index contributed by atoms with van der Waals surface area (Å²) < 4.78 is 16.8. The SMILES string of the molecule is CCCC/C=C\C/C=C\CCCCCCCC(=O)OC(COCCC(C(=O)O)[N+](C)(C)C)COC(=O)CCCC. The fraction of sp³-hybridized carbons (Fsp3) is 0.781. The van der Waals surface area contributed by atoms with Gasteiger partial charge in [0.25, 0.3) is 0 Å². The number of carboxylic acid groups (broad SMARTS) is 1. The molecule has 8 nitrogen and oxygen atoms in total. The van der Waals surface area contributed by atoms with E-state index in [-0.39, 0.29) is 36.2 Å². The van der Waals surface area contributed by atoms with Crippen LogP contribution in [0.3, 0.4) is 0 Å². The Hall–Kier alpha value is -2.19. The number of hydrogen-bond acceptors (Lipinski definition) is 6. The molecule has 0 radical (unpaired) electrons. The lowest BCUT2D eigenvalue weighted by molar-refractivity contribution is -0.887. The number of carbonyl (C=O) groups is 3. The lowest BCUT2D eigenvalue weighted by Gasteiger charge is -2.31. The molecule has 0 saturated heterocycles. The van der Waals surface area contributed by atoms with Gasteiger partial charge in [-0.05, 0) is 38.5 Å². The van der Waals surface area contributed by atoms with Crippen molar-refractivity contribution >= 4 is 17.9 Å². The lowest BCUT2D eigenvalue weighted by atomic mass is 10.1. The van der Waals surface area contributed by atoms with Gasteiger partial charge < -0.3 is 23.8 Å². The summed E-state index contributed by atoms with van der Waals surface area (Å²) >= 11 is 0. The Labute approximate surface area is 243 Å². The first-order chi connectivity index (χ1) is 19.1. The number of aliphatic carboxylic acids is 1. The van der Waals surface area contributed by atoms with E-state index in [0.29, 0.717) is 19.3 Å². The summed E-state index contributed by atoms with van der Waals surface area (Å²) in [6, 6.07) is -0.610. The zero-order valence-electron chi connectivity index (χ0n) is 26.0. The van der Waals surface area contributed by atoms with Crippen LogP contribution in [0.4, 0.5) is 0 Å². The van der Waals surface area contributed by atoms with Crippen molar-refractivity contribution in [1.82, 2.24) is 0 Å². The minimum atomic E-state index is -0.883. The van der Waals surface area contributed by atoms with Gasteiger partial charge in [-0.15, -0.1) is 0 Å². The van der Waals surface area contributed by atoms with Gasteiger partial charge in [0.05, 0.1) is 34.4 Å². The second kappa shape index (κ2) is 24.6. The van der Waals surface area contributed by atoms with Gasteiger partial charge in [0.1, 0.15) is 6.61 Å². The highest BCUT2D eigenvalue weighted by molar-refractivity contribution is 5.72. The quantitative estimate of drug-likeness (QED) is 0.0542. The molecule has 2 atom stereocenters. The summed E-state index contributed by atoms with van der Waals surface area (Å²) in [5, 5.41) is 9.47. The Balaban J connectivity index is 4.32. The lowest BCUT2D eigenvalue weighted by Crippen LogP contribution is -2.50. The molecule has 0 aliphatic heterocycles. The van der Waals surface area contributed by atoms with Crippen molar-refractivity contribution in [3.8, 4) is 0 Å². The minimum absolute atomic E-state index is 0.0539. The highest BCUT2D eigenvalue weighted by atomic mass is 16.6. The van der Waals surface area contributed by atoms with E-state index in [1.54, 1.807) is 0 Å². The molecular formula is C32H58NO7+. The number of allylic oxidation sites excluding steroid dienone is 4. The van der Waals surface area contributed by atoms with Crippen molar-refractivity contribution in [3.63, 3.8) is 0 Å². The van der Waals surface area contributed by atoms with E-state index in [4.69, 9.17) is 14.2 Å². The predicted octanol–water partition coefficient (Wildman–Crippen LogP) is 6.62. The first kappa shape index (κ1) is 37.8. The molecule has 0 aromatic carbocycles. The first-order valence-electron chi connectivity index (χ1n) is 15.4. The average molecular weight is 569 g/mol. The van der Waals surface area contributed by atoms with Crippen LogP contribution < -0.4 is 0 Å². The Kier molecular flexibility index (Phi) is 23.2. The Morgan fingerprint density at radius 3 is 1.98 bits per heavy atom. The Morgan fingerprint density at radius 2 is 1.35 bits per heavy atom. The standard InChI is InChI=1S/C32H57NO7/c1-6-8-10-11-12-13-14-15-16-17-18-19-20-21-23-31(35)40-28(27-39-30(34)22-9-7-2)26-38-25-24-29(32(36)37)33(3,4)5/h11-12,14-15,28-29H,6-10,13,16-27H2,1-5H3/p+1/b12-11-,15-14-. The molecule has 0 bridgehead atoms. The van der Waals surface area contributed by atoms with Crippen LogP contribution in [0.1, 0.15) is 110 Å². The van der Waals surface area contributed by atoms with Crippen LogP contribution in [0, 0.1) is 0 Å².